The van der Waals surface area contributed by atoms with Crippen LogP contribution in [0.5, 0.6) is 0 Å². The Morgan fingerprint density at radius 1 is 0.304 bits per heavy atom. The zero-order valence-corrected chi connectivity index (χ0v) is 25.1. The molecular formula is C44H29NO. The Kier molecular flexibility index (Phi) is 6.17. The second-order valence-electron chi connectivity index (χ2n) is 11.8. The van der Waals surface area contributed by atoms with Gasteiger partial charge in [0.1, 0.15) is 11.2 Å². The fraction of sp³-hybridized carbons (Fsp3) is 0. The van der Waals surface area contributed by atoms with Gasteiger partial charge in [0.2, 0.25) is 0 Å². The van der Waals surface area contributed by atoms with Crippen LogP contribution < -0.4 is 4.90 Å². The van der Waals surface area contributed by atoms with Crippen molar-refractivity contribution in [2.75, 3.05) is 4.90 Å². The molecule has 0 amide bonds. The molecule has 0 radical (unpaired) electrons. The highest BCUT2D eigenvalue weighted by atomic mass is 16.3. The maximum atomic E-state index is 6.15. The highest BCUT2D eigenvalue weighted by Gasteiger charge is 2.16. The van der Waals surface area contributed by atoms with Crippen molar-refractivity contribution < 1.29 is 4.42 Å². The summed E-state index contributed by atoms with van der Waals surface area (Å²) in [6.07, 6.45) is 0. The van der Waals surface area contributed by atoms with Gasteiger partial charge in [-0.1, -0.05) is 109 Å². The molecule has 2 heteroatoms. The SMILES string of the molecule is c1ccc(-c2ccc3ccc(-c4ccc5ccc(N(c6ccccc6)c6ccc7oc8ccccc8c7c6)cc5c4)cc3c2)cc1. The number of benzene rings is 8. The fourth-order valence-corrected chi connectivity index (χ4v) is 6.67. The largest absolute Gasteiger partial charge is 0.456 e. The number of hydrogen-bond acceptors (Lipinski definition) is 2. The van der Waals surface area contributed by atoms with Gasteiger partial charge in [-0.25, -0.2) is 0 Å². The third-order valence-corrected chi connectivity index (χ3v) is 9.00. The van der Waals surface area contributed by atoms with Gasteiger partial charge in [-0.3, -0.25) is 0 Å². The van der Waals surface area contributed by atoms with Crippen LogP contribution in [0.15, 0.2) is 180 Å². The molecule has 0 bridgehead atoms. The molecule has 0 saturated carbocycles. The molecule has 9 rings (SSSR count). The van der Waals surface area contributed by atoms with E-state index in [1.807, 2.05) is 12.1 Å². The first-order valence-electron chi connectivity index (χ1n) is 15.7. The van der Waals surface area contributed by atoms with E-state index in [2.05, 4.69) is 169 Å². The molecule has 0 atom stereocenters. The molecule has 0 unspecified atom stereocenters. The average Bonchev–Trinajstić information content (AvgIpc) is 3.50. The number of rotatable bonds is 5. The van der Waals surface area contributed by atoms with Crippen molar-refractivity contribution in [3.63, 3.8) is 0 Å². The van der Waals surface area contributed by atoms with Gasteiger partial charge < -0.3 is 9.32 Å². The van der Waals surface area contributed by atoms with Crippen LogP contribution in [-0.4, -0.2) is 0 Å². The van der Waals surface area contributed by atoms with E-state index in [1.54, 1.807) is 0 Å². The third kappa shape index (κ3) is 4.60. The van der Waals surface area contributed by atoms with Crippen molar-refractivity contribution in [1.29, 1.82) is 0 Å². The Morgan fingerprint density at radius 3 is 1.54 bits per heavy atom. The van der Waals surface area contributed by atoms with Crippen LogP contribution in [0.2, 0.25) is 0 Å². The first-order chi connectivity index (χ1) is 22.8. The van der Waals surface area contributed by atoms with Crippen molar-refractivity contribution in [3.8, 4) is 22.3 Å². The van der Waals surface area contributed by atoms with Crippen LogP contribution in [0.3, 0.4) is 0 Å². The van der Waals surface area contributed by atoms with Crippen molar-refractivity contribution >= 4 is 60.5 Å². The lowest BCUT2D eigenvalue weighted by Gasteiger charge is -2.26. The first-order valence-corrected chi connectivity index (χ1v) is 15.7. The van der Waals surface area contributed by atoms with Crippen molar-refractivity contribution in [2.45, 2.75) is 0 Å². The zero-order valence-electron chi connectivity index (χ0n) is 25.1. The summed E-state index contributed by atoms with van der Waals surface area (Å²) in [7, 11) is 0. The Bertz CT molecular complexity index is 2530. The number of fused-ring (bicyclic) bond motifs is 5. The molecule has 0 N–H and O–H groups in total. The molecule has 1 aromatic heterocycles. The Hall–Kier alpha value is -6.12. The van der Waals surface area contributed by atoms with E-state index < -0.39 is 0 Å². The molecule has 0 saturated heterocycles. The minimum atomic E-state index is 0.896. The van der Waals surface area contributed by atoms with Gasteiger partial charge in [0.05, 0.1) is 0 Å². The van der Waals surface area contributed by atoms with Gasteiger partial charge in [0.25, 0.3) is 0 Å². The molecule has 0 aliphatic rings. The molecule has 216 valence electrons. The summed E-state index contributed by atoms with van der Waals surface area (Å²) in [5.41, 5.74) is 9.98. The molecule has 1 heterocycles. The van der Waals surface area contributed by atoms with Crippen LogP contribution in [-0.2, 0) is 0 Å². The van der Waals surface area contributed by atoms with Gasteiger partial charge in [0, 0.05) is 27.8 Å². The summed E-state index contributed by atoms with van der Waals surface area (Å²) in [5, 5.41) is 7.14. The van der Waals surface area contributed by atoms with Crippen LogP contribution in [0.4, 0.5) is 17.1 Å². The highest BCUT2D eigenvalue weighted by molar-refractivity contribution is 6.06. The van der Waals surface area contributed by atoms with Crippen LogP contribution >= 0.6 is 0 Å². The molecule has 0 spiro atoms. The van der Waals surface area contributed by atoms with Gasteiger partial charge in [-0.15, -0.1) is 0 Å². The Balaban J connectivity index is 1.15. The monoisotopic (exact) mass is 587 g/mol. The van der Waals surface area contributed by atoms with Gasteiger partial charge in [-0.05, 0) is 111 Å². The predicted octanol–water partition coefficient (Wildman–Crippen LogP) is 12.7. The van der Waals surface area contributed by atoms with E-state index in [-0.39, 0.29) is 0 Å². The Labute approximate surface area is 267 Å². The first kappa shape index (κ1) is 26.3. The molecule has 0 aliphatic carbocycles. The molecule has 8 aromatic carbocycles. The summed E-state index contributed by atoms with van der Waals surface area (Å²) in [4.78, 5) is 2.33. The minimum absolute atomic E-state index is 0.896. The number of nitrogens with zero attached hydrogens (tertiary/aromatic N) is 1. The lowest BCUT2D eigenvalue weighted by molar-refractivity contribution is 0.669. The fourth-order valence-electron chi connectivity index (χ4n) is 6.67. The number of hydrogen-bond donors (Lipinski definition) is 0. The van der Waals surface area contributed by atoms with Gasteiger partial charge in [0.15, 0.2) is 0 Å². The molecule has 0 aliphatic heterocycles. The molecule has 9 aromatic rings. The second kappa shape index (κ2) is 10.8. The topological polar surface area (TPSA) is 16.4 Å². The van der Waals surface area contributed by atoms with Crippen LogP contribution in [0, 0.1) is 0 Å². The van der Waals surface area contributed by atoms with E-state index in [9.17, 15) is 0 Å². The average molecular weight is 588 g/mol. The van der Waals surface area contributed by atoms with E-state index in [4.69, 9.17) is 4.42 Å². The predicted molar refractivity (Wildman–Crippen MR) is 194 cm³/mol. The van der Waals surface area contributed by atoms with E-state index in [0.717, 1.165) is 39.0 Å². The van der Waals surface area contributed by atoms with E-state index in [1.165, 1.54) is 43.8 Å². The van der Waals surface area contributed by atoms with Crippen molar-refractivity contribution in [2.24, 2.45) is 0 Å². The quantitative estimate of drug-likeness (QED) is 0.199. The lowest BCUT2D eigenvalue weighted by atomic mass is 9.96. The number of furan rings is 1. The maximum absolute atomic E-state index is 6.15. The lowest BCUT2D eigenvalue weighted by Crippen LogP contribution is -2.09. The Morgan fingerprint density at radius 2 is 0.826 bits per heavy atom. The van der Waals surface area contributed by atoms with E-state index in [0.29, 0.717) is 0 Å². The molecule has 2 nitrogen and oxygen atoms in total. The summed E-state index contributed by atoms with van der Waals surface area (Å²) in [6.45, 7) is 0. The number of anilines is 3. The molecule has 0 fully saturated rings. The third-order valence-electron chi connectivity index (χ3n) is 9.00. The zero-order chi connectivity index (χ0) is 30.5. The van der Waals surface area contributed by atoms with Crippen LogP contribution in [0.1, 0.15) is 0 Å². The minimum Gasteiger partial charge on any atom is -0.456 e. The smallest absolute Gasteiger partial charge is 0.135 e. The highest BCUT2D eigenvalue weighted by Crippen LogP contribution is 2.40. The summed E-state index contributed by atoms with van der Waals surface area (Å²) < 4.78 is 6.15. The maximum Gasteiger partial charge on any atom is 0.135 e. The van der Waals surface area contributed by atoms with E-state index >= 15 is 0 Å². The molecular weight excluding hydrogens is 558 g/mol. The summed E-state index contributed by atoms with van der Waals surface area (Å²) in [5.74, 6) is 0. The van der Waals surface area contributed by atoms with Gasteiger partial charge in [-0.2, -0.15) is 0 Å². The second-order valence-corrected chi connectivity index (χ2v) is 11.8. The molecule has 46 heavy (non-hydrogen) atoms. The summed E-state index contributed by atoms with van der Waals surface area (Å²) in [6, 6.07) is 62.9. The number of para-hydroxylation sites is 2. The normalized spacial score (nSPS) is 11.5. The van der Waals surface area contributed by atoms with Crippen molar-refractivity contribution in [3.05, 3.63) is 176 Å². The van der Waals surface area contributed by atoms with Crippen LogP contribution in [0.25, 0.3) is 65.7 Å². The van der Waals surface area contributed by atoms with Crippen molar-refractivity contribution in [1.82, 2.24) is 0 Å². The standard InChI is InChI=1S/C44H29NO/c1-3-9-30(10-4-1)33-18-15-31-16-19-34(26-36(31)25-33)35-20-17-32-21-22-39(28-37(32)27-35)45(38-11-5-2-6-12-38)40-23-24-44-42(29-40)41-13-7-8-14-43(41)46-44/h1-29H. The summed E-state index contributed by atoms with van der Waals surface area (Å²) >= 11 is 0. The van der Waals surface area contributed by atoms with Gasteiger partial charge >= 0.3 is 0 Å².